The van der Waals surface area contributed by atoms with Crippen LogP contribution in [0.2, 0.25) is 0 Å². The van der Waals surface area contributed by atoms with Crippen molar-refractivity contribution in [3.63, 3.8) is 0 Å². The monoisotopic (exact) mass is 521 g/mol. The first-order valence-electron chi connectivity index (χ1n) is 13.5. The van der Waals surface area contributed by atoms with Gasteiger partial charge in [-0.25, -0.2) is 4.79 Å². The van der Waals surface area contributed by atoms with Crippen LogP contribution in [0.25, 0.3) is 0 Å². The molecule has 2 saturated carbocycles. The fourth-order valence-corrected chi connectivity index (χ4v) is 8.42. The van der Waals surface area contributed by atoms with Gasteiger partial charge in [-0.05, 0) is 43.3 Å². The van der Waals surface area contributed by atoms with Gasteiger partial charge in [0, 0.05) is 48.3 Å². The Balaban J connectivity index is 2.25. The van der Waals surface area contributed by atoms with Crippen LogP contribution in [0, 0.1) is 45.8 Å². The largest absolute Gasteiger partial charge is 0.456 e. The minimum absolute atomic E-state index is 0.000549. The van der Waals surface area contributed by atoms with Gasteiger partial charge in [0.15, 0.2) is 6.10 Å². The van der Waals surface area contributed by atoms with Gasteiger partial charge in [-0.3, -0.25) is 4.79 Å². The summed E-state index contributed by atoms with van der Waals surface area (Å²) in [5.41, 5.74) is -3.19. The minimum atomic E-state index is -1.51. The van der Waals surface area contributed by atoms with Crippen LogP contribution >= 0.6 is 0 Å². The molecule has 0 aliphatic heterocycles. The lowest BCUT2D eigenvalue weighted by molar-refractivity contribution is -0.248. The van der Waals surface area contributed by atoms with Crippen molar-refractivity contribution in [3.05, 3.63) is 11.1 Å². The van der Waals surface area contributed by atoms with E-state index in [0.29, 0.717) is 12.0 Å². The molecule has 3 aliphatic carbocycles. The molecule has 210 valence electrons. The predicted octanol–water partition coefficient (Wildman–Crippen LogP) is 3.31. The van der Waals surface area contributed by atoms with Gasteiger partial charge in [0.1, 0.15) is 11.9 Å². The predicted molar refractivity (Wildman–Crippen MR) is 140 cm³/mol. The van der Waals surface area contributed by atoms with Crippen molar-refractivity contribution in [3.8, 4) is 0 Å². The third-order valence-corrected chi connectivity index (χ3v) is 10.8. The number of aliphatic hydroxyl groups excluding tert-OH is 1. The summed E-state index contributed by atoms with van der Waals surface area (Å²) in [6.45, 7) is 16.6. The molecule has 0 saturated heterocycles. The number of ketones is 1. The summed E-state index contributed by atoms with van der Waals surface area (Å²) < 4.78 is 11.5. The molecule has 0 amide bonds. The maximum absolute atomic E-state index is 14.5. The second kappa shape index (κ2) is 9.54. The molecule has 37 heavy (non-hydrogen) atoms. The van der Waals surface area contributed by atoms with E-state index in [1.165, 1.54) is 0 Å². The lowest BCUT2D eigenvalue weighted by Gasteiger charge is -2.65. The highest BCUT2D eigenvalue weighted by Crippen LogP contribution is 2.65. The van der Waals surface area contributed by atoms with Crippen LogP contribution in [0.1, 0.15) is 75.2 Å². The van der Waals surface area contributed by atoms with Crippen LogP contribution in [0.5, 0.6) is 0 Å². The molecule has 2 bridgehead atoms. The summed E-state index contributed by atoms with van der Waals surface area (Å²) in [6.07, 6.45) is -1.31. The normalized spacial score (nSPS) is 45.3. The van der Waals surface area contributed by atoms with Crippen molar-refractivity contribution >= 4 is 18.0 Å². The van der Waals surface area contributed by atoms with Crippen LogP contribution in [-0.4, -0.2) is 69.9 Å². The standard InChI is InChI=1S/C29H47NO7/c1-14(13-30)22(31)25(33)37-19-12-29(35)18(5)23-27(8,15(2)11-20(36-10)28(23,9)34)24(32)17(4)21(16(19)3)26(29,6)7/h13-15,17-20,22-23,30-31,34-35H,11-12H2,1-10H3/t14?,15-,17+,18?,19?,20?,22?,23?,27+,28-,29?/m0/s1. The van der Waals surface area contributed by atoms with E-state index in [2.05, 4.69) is 0 Å². The number of Topliss-reactive ketones (excluding diaryl/α,β-unsaturated/α-hetero) is 1. The highest BCUT2D eigenvalue weighted by Gasteiger charge is 2.69. The molecular formula is C29H47NO7. The number of nitrogens with one attached hydrogen (secondary N) is 1. The zero-order valence-electron chi connectivity index (χ0n) is 24.1. The second-order valence-corrected chi connectivity index (χ2v) is 13.0. The Labute approximate surface area is 221 Å². The fourth-order valence-electron chi connectivity index (χ4n) is 8.42. The Hall–Kier alpha value is -1.61. The molecule has 0 spiro atoms. The number of rotatable bonds is 5. The van der Waals surface area contributed by atoms with Crippen LogP contribution in [0.15, 0.2) is 11.1 Å². The number of carbonyl (C=O) groups is 2. The Morgan fingerprint density at radius 3 is 2.24 bits per heavy atom. The number of aliphatic hydroxyl groups is 3. The van der Waals surface area contributed by atoms with Crippen molar-refractivity contribution in [2.45, 2.75) is 105 Å². The fraction of sp³-hybridized carbons (Fsp3) is 0.828. The van der Waals surface area contributed by atoms with E-state index in [4.69, 9.17) is 14.9 Å². The smallest absolute Gasteiger partial charge is 0.336 e. The van der Waals surface area contributed by atoms with Crippen LogP contribution in [-0.2, 0) is 19.1 Å². The first-order chi connectivity index (χ1) is 16.8. The Morgan fingerprint density at radius 2 is 1.73 bits per heavy atom. The van der Waals surface area contributed by atoms with Gasteiger partial charge in [0.2, 0.25) is 0 Å². The molecule has 8 heteroatoms. The summed E-state index contributed by atoms with van der Waals surface area (Å²) in [5, 5.41) is 42.4. The van der Waals surface area contributed by atoms with Gasteiger partial charge < -0.3 is 30.2 Å². The SMILES string of the molecule is COC1C[C@H](C)[C@@]2(C)C(=O)[C@H](C)C3=C(C)C(OC(=O)C(O)C(C)C=N)CC(O)(C(C)C2[C@@]1(C)O)C3(C)C. The highest BCUT2D eigenvalue weighted by molar-refractivity contribution is 5.90. The van der Waals surface area contributed by atoms with E-state index in [1.807, 2.05) is 48.5 Å². The maximum Gasteiger partial charge on any atom is 0.336 e. The molecule has 0 radical (unpaired) electrons. The topological polar surface area (TPSA) is 137 Å². The van der Waals surface area contributed by atoms with E-state index in [0.717, 1.165) is 11.8 Å². The van der Waals surface area contributed by atoms with Crippen LogP contribution in [0.3, 0.4) is 0 Å². The Morgan fingerprint density at radius 1 is 1.16 bits per heavy atom. The van der Waals surface area contributed by atoms with E-state index in [-0.39, 0.29) is 18.1 Å². The van der Waals surface area contributed by atoms with Gasteiger partial charge in [-0.1, -0.05) is 48.5 Å². The van der Waals surface area contributed by atoms with Crippen molar-refractivity contribution in [2.75, 3.05) is 7.11 Å². The van der Waals surface area contributed by atoms with Gasteiger partial charge in [-0.15, -0.1) is 0 Å². The van der Waals surface area contributed by atoms with Crippen molar-refractivity contribution in [2.24, 2.45) is 40.4 Å². The quantitative estimate of drug-likeness (QED) is 0.247. The summed E-state index contributed by atoms with van der Waals surface area (Å²) >= 11 is 0. The molecular weight excluding hydrogens is 474 g/mol. The number of hydrogen-bond donors (Lipinski definition) is 4. The summed E-state index contributed by atoms with van der Waals surface area (Å²) in [5.74, 6) is -3.49. The zero-order chi connectivity index (χ0) is 28.5. The first-order valence-corrected chi connectivity index (χ1v) is 13.5. The average molecular weight is 522 g/mol. The van der Waals surface area contributed by atoms with Crippen LogP contribution < -0.4 is 0 Å². The van der Waals surface area contributed by atoms with Gasteiger partial charge >= 0.3 is 5.97 Å². The number of carbonyl (C=O) groups excluding carboxylic acids is 2. The molecule has 7 unspecified atom stereocenters. The van der Waals surface area contributed by atoms with Crippen molar-refractivity contribution in [1.82, 2.24) is 0 Å². The van der Waals surface area contributed by atoms with E-state index in [9.17, 15) is 24.9 Å². The molecule has 3 aliphatic rings. The van der Waals surface area contributed by atoms with Crippen LogP contribution in [0.4, 0.5) is 0 Å². The summed E-state index contributed by atoms with van der Waals surface area (Å²) in [6, 6.07) is 0. The molecule has 0 aromatic heterocycles. The van der Waals surface area contributed by atoms with E-state index >= 15 is 0 Å². The molecule has 0 aromatic carbocycles. The van der Waals surface area contributed by atoms with Crippen molar-refractivity contribution in [1.29, 1.82) is 5.41 Å². The van der Waals surface area contributed by atoms with Crippen molar-refractivity contribution < 1.29 is 34.4 Å². The number of esters is 1. The molecule has 4 N–H and O–H groups in total. The van der Waals surface area contributed by atoms with Gasteiger partial charge in [-0.2, -0.15) is 0 Å². The first kappa shape index (κ1) is 29.9. The number of fused-ring (bicyclic) bond motifs is 3. The molecule has 2 fully saturated rings. The summed E-state index contributed by atoms with van der Waals surface area (Å²) in [4.78, 5) is 27.3. The molecule has 8 nitrogen and oxygen atoms in total. The third kappa shape index (κ3) is 4.05. The molecule has 0 heterocycles. The van der Waals surface area contributed by atoms with Gasteiger partial charge in [0.05, 0.1) is 17.3 Å². The summed E-state index contributed by atoms with van der Waals surface area (Å²) in [7, 11) is 1.56. The number of ether oxygens (including phenoxy) is 2. The van der Waals surface area contributed by atoms with E-state index in [1.54, 1.807) is 21.0 Å². The Bertz CT molecular complexity index is 987. The average Bonchev–Trinajstić information content (AvgIpc) is 2.82. The van der Waals surface area contributed by atoms with E-state index < -0.39 is 70.0 Å². The Kier molecular flexibility index (Phi) is 7.72. The highest BCUT2D eigenvalue weighted by atomic mass is 16.6. The minimum Gasteiger partial charge on any atom is -0.456 e. The number of methoxy groups -OCH3 is 1. The lowest BCUT2D eigenvalue weighted by Crippen LogP contribution is -2.71. The number of hydrogen-bond acceptors (Lipinski definition) is 8. The second-order valence-electron chi connectivity index (χ2n) is 13.0. The van der Waals surface area contributed by atoms with Gasteiger partial charge in [0.25, 0.3) is 0 Å². The molecule has 11 atom stereocenters. The third-order valence-electron chi connectivity index (χ3n) is 10.8. The zero-order valence-corrected chi connectivity index (χ0v) is 24.1. The lowest BCUT2D eigenvalue weighted by atomic mass is 9.41. The molecule has 3 rings (SSSR count). The molecule has 0 aromatic rings. The maximum atomic E-state index is 14.5.